The molecule has 0 heterocycles. The summed E-state index contributed by atoms with van der Waals surface area (Å²) in [5.74, 6) is 6.03. The van der Waals surface area contributed by atoms with E-state index in [-0.39, 0.29) is 0 Å². The van der Waals surface area contributed by atoms with E-state index in [4.69, 9.17) is 29.0 Å². The molecule has 0 spiro atoms. The topological polar surface area (TPSA) is 62.4 Å². The summed E-state index contributed by atoms with van der Waals surface area (Å²) < 4.78 is 0. The average molecular weight is 301 g/mol. The van der Waals surface area contributed by atoms with Gasteiger partial charge in [-0.2, -0.15) is 0 Å². The first-order chi connectivity index (χ1) is 9.20. The third kappa shape index (κ3) is 4.00. The van der Waals surface area contributed by atoms with Gasteiger partial charge in [-0.25, -0.2) is 10.8 Å². The summed E-state index contributed by atoms with van der Waals surface area (Å²) in [5.41, 5.74) is 3.28. The van der Waals surface area contributed by atoms with Crippen LogP contribution >= 0.6 is 23.2 Å². The molecule has 1 aromatic rings. The molecule has 1 aliphatic rings. The smallest absolute Gasteiger partial charge is 0.210 e. The molecule has 4 nitrogen and oxygen atoms in total. The Hall–Kier alpha value is -0.970. The number of benzene rings is 1. The van der Waals surface area contributed by atoms with Crippen molar-refractivity contribution in [1.29, 1.82) is 0 Å². The van der Waals surface area contributed by atoms with Crippen molar-refractivity contribution in [2.45, 2.75) is 38.1 Å². The number of nitrogens with two attached hydrogens (primary N) is 1. The third-order valence-electron chi connectivity index (χ3n) is 3.23. The first-order valence-electron chi connectivity index (χ1n) is 6.46. The molecule has 0 saturated heterocycles. The van der Waals surface area contributed by atoms with Crippen LogP contribution in [0.15, 0.2) is 23.2 Å². The summed E-state index contributed by atoms with van der Waals surface area (Å²) in [6.07, 6.45) is 5.96. The minimum absolute atomic E-state index is 0.324. The number of anilines is 1. The van der Waals surface area contributed by atoms with E-state index in [1.807, 2.05) is 12.1 Å². The summed E-state index contributed by atoms with van der Waals surface area (Å²) >= 11 is 12.1. The minimum Gasteiger partial charge on any atom is -0.324 e. The molecule has 1 fully saturated rings. The van der Waals surface area contributed by atoms with E-state index >= 15 is 0 Å². The second kappa shape index (κ2) is 6.98. The van der Waals surface area contributed by atoms with Gasteiger partial charge in [0.25, 0.3) is 0 Å². The van der Waals surface area contributed by atoms with Crippen LogP contribution < -0.4 is 16.6 Å². The van der Waals surface area contributed by atoms with E-state index in [1.54, 1.807) is 6.07 Å². The van der Waals surface area contributed by atoms with E-state index in [1.165, 1.54) is 19.3 Å². The Bertz CT molecular complexity index is 456. The van der Waals surface area contributed by atoms with Gasteiger partial charge >= 0.3 is 0 Å². The van der Waals surface area contributed by atoms with Crippen molar-refractivity contribution in [3.63, 3.8) is 0 Å². The van der Waals surface area contributed by atoms with Crippen molar-refractivity contribution in [3.8, 4) is 0 Å². The molecule has 0 bridgehead atoms. The van der Waals surface area contributed by atoms with Crippen molar-refractivity contribution in [1.82, 2.24) is 5.43 Å². The molecule has 1 saturated carbocycles. The van der Waals surface area contributed by atoms with E-state index in [9.17, 15) is 0 Å². The standard InChI is InChI=1S/C13H18Cl2N4/c14-10-7-4-8-11(12(10)15)18-13(19-16)17-9-5-2-1-3-6-9/h4,7-9H,1-3,5-6,16H2,(H2,17,18,19). The van der Waals surface area contributed by atoms with Crippen LogP contribution in [0.3, 0.4) is 0 Å². The molecule has 2 rings (SSSR count). The number of aliphatic imine (C=N–C) groups is 1. The molecule has 0 unspecified atom stereocenters. The van der Waals surface area contributed by atoms with Gasteiger partial charge in [-0.1, -0.05) is 48.5 Å². The first kappa shape index (κ1) is 14.4. The van der Waals surface area contributed by atoms with Gasteiger partial charge in [0.05, 0.1) is 21.8 Å². The Morgan fingerprint density at radius 1 is 1.21 bits per heavy atom. The van der Waals surface area contributed by atoms with Gasteiger partial charge in [-0.3, -0.25) is 5.43 Å². The number of nitrogens with zero attached hydrogens (tertiary/aromatic N) is 1. The number of guanidine groups is 1. The zero-order chi connectivity index (χ0) is 13.7. The number of halogens is 2. The predicted octanol–water partition coefficient (Wildman–Crippen LogP) is 3.56. The lowest BCUT2D eigenvalue weighted by Gasteiger charge is -2.19. The number of hydrogen-bond donors (Lipinski definition) is 3. The maximum Gasteiger partial charge on any atom is 0.210 e. The Balaban J connectivity index is 2.09. The fourth-order valence-corrected chi connectivity index (χ4v) is 2.57. The van der Waals surface area contributed by atoms with Crippen molar-refractivity contribution in [2.75, 3.05) is 5.32 Å². The molecule has 19 heavy (non-hydrogen) atoms. The summed E-state index contributed by atoms with van der Waals surface area (Å²) in [6, 6.07) is 5.72. The zero-order valence-corrected chi connectivity index (χ0v) is 12.1. The second-order valence-electron chi connectivity index (χ2n) is 4.64. The molecule has 1 aliphatic carbocycles. The van der Waals surface area contributed by atoms with Crippen LogP contribution in [0.5, 0.6) is 0 Å². The SMILES string of the molecule is NNC(=NC1CCCCC1)Nc1cccc(Cl)c1Cl. The average Bonchev–Trinajstić information content (AvgIpc) is 2.44. The van der Waals surface area contributed by atoms with Crippen LogP contribution in [0.2, 0.25) is 10.0 Å². The summed E-state index contributed by atoms with van der Waals surface area (Å²) in [6.45, 7) is 0. The molecule has 1 aromatic carbocycles. The largest absolute Gasteiger partial charge is 0.324 e. The molecule has 0 atom stereocenters. The Kier molecular flexibility index (Phi) is 5.31. The van der Waals surface area contributed by atoms with Crippen LogP contribution in [0, 0.1) is 0 Å². The zero-order valence-electron chi connectivity index (χ0n) is 10.6. The molecule has 0 aliphatic heterocycles. The number of hydrogen-bond acceptors (Lipinski definition) is 2. The third-order valence-corrected chi connectivity index (χ3v) is 4.05. The summed E-state index contributed by atoms with van der Waals surface area (Å²) in [7, 11) is 0. The van der Waals surface area contributed by atoms with Gasteiger partial charge in [0, 0.05) is 0 Å². The second-order valence-corrected chi connectivity index (χ2v) is 5.43. The van der Waals surface area contributed by atoms with Gasteiger partial charge in [0.2, 0.25) is 5.96 Å². The number of nitrogens with one attached hydrogen (secondary N) is 2. The van der Waals surface area contributed by atoms with E-state index in [0.29, 0.717) is 27.7 Å². The molecule has 0 amide bonds. The Labute approximate surface area is 123 Å². The van der Waals surface area contributed by atoms with Gasteiger partial charge in [-0.15, -0.1) is 0 Å². The minimum atomic E-state index is 0.324. The van der Waals surface area contributed by atoms with Crippen LogP contribution in [-0.4, -0.2) is 12.0 Å². The van der Waals surface area contributed by atoms with E-state index in [2.05, 4.69) is 15.7 Å². The fraction of sp³-hybridized carbons (Fsp3) is 0.462. The van der Waals surface area contributed by atoms with E-state index < -0.39 is 0 Å². The summed E-state index contributed by atoms with van der Waals surface area (Å²) in [4.78, 5) is 4.59. The lowest BCUT2D eigenvalue weighted by Crippen LogP contribution is -2.37. The maximum absolute atomic E-state index is 6.12. The van der Waals surface area contributed by atoms with Gasteiger partial charge < -0.3 is 5.32 Å². The van der Waals surface area contributed by atoms with Gasteiger partial charge in [0.1, 0.15) is 0 Å². The monoisotopic (exact) mass is 300 g/mol. The van der Waals surface area contributed by atoms with Crippen LogP contribution in [0.4, 0.5) is 5.69 Å². The normalized spacial score (nSPS) is 17.3. The highest BCUT2D eigenvalue weighted by atomic mass is 35.5. The highest BCUT2D eigenvalue weighted by Gasteiger charge is 2.13. The molecule has 0 radical (unpaired) electrons. The van der Waals surface area contributed by atoms with Gasteiger partial charge in [-0.05, 0) is 25.0 Å². The fourth-order valence-electron chi connectivity index (χ4n) is 2.23. The Morgan fingerprint density at radius 2 is 1.95 bits per heavy atom. The highest BCUT2D eigenvalue weighted by Crippen LogP contribution is 2.29. The van der Waals surface area contributed by atoms with Crippen molar-refractivity contribution in [3.05, 3.63) is 28.2 Å². The number of hydrazine groups is 1. The predicted molar refractivity (Wildman–Crippen MR) is 81.7 cm³/mol. The molecule has 104 valence electrons. The van der Waals surface area contributed by atoms with Crippen molar-refractivity contribution in [2.24, 2.45) is 10.8 Å². The van der Waals surface area contributed by atoms with Crippen LogP contribution in [-0.2, 0) is 0 Å². The lowest BCUT2D eigenvalue weighted by molar-refractivity contribution is 0.442. The first-order valence-corrected chi connectivity index (χ1v) is 7.21. The molecular weight excluding hydrogens is 283 g/mol. The van der Waals surface area contributed by atoms with Crippen LogP contribution in [0.25, 0.3) is 0 Å². The number of rotatable bonds is 2. The molecule has 4 N–H and O–H groups in total. The summed E-state index contributed by atoms with van der Waals surface area (Å²) in [5, 5.41) is 4.05. The quantitative estimate of drug-likeness (QED) is 0.339. The Morgan fingerprint density at radius 3 is 2.63 bits per heavy atom. The van der Waals surface area contributed by atoms with Crippen LogP contribution in [0.1, 0.15) is 32.1 Å². The lowest BCUT2D eigenvalue weighted by atomic mass is 9.96. The van der Waals surface area contributed by atoms with E-state index in [0.717, 1.165) is 12.8 Å². The maximum atomic E-state index is 6.12. The molecule has 0 aromatic heterocycles. The van der Waals surface area contributed by atoms with Crippen molar-refractivity contribution >= 4 is 34.8 Å². The van der Waals surface area contributed by atoms with Crippen molar-refractivity contribution < 1.29 is 0 Å². The van der Waals surface area contributed by atoms with Gasteiger partial charge in [0.15, 0.2) is 0 Å². The molecular formula is C13H18Cl2N4. The molecule has 6 heteroatoms. The highest BCUT2D eigenvalue weighted by molar-refractivity contribution is 6.44.